The van der Waals surface area contributed by atoms with Gasteiger partial charge in [-0.3, -0.25) is 4.79 Å². The molecule has 1 heterocycles. The molecule has 0 spiro atoms. The Labute approximate surface area is 118 Å². The maximum absolute atomic E-state index is 11.8. The molecule has 5 nitrogen and oxygen atoms in total. The van der Waals surface area contributed by atoms with Crippen molar-refractivity contribution in [2.75, 3.05) is 6.54 Å². The summed E-state index contributed by atoms with van der Waals surface area (Å²) in [6, 6.07) is 7.40. The van der Waals surface area contributed by atoms with Crippen LogP contribution in [0.15, 0.2) is 28.8 Å². The first-order valence-corrected chi connectivity index (χ1v) is 6.56. The van der Waals surface area contributed by atoms with Crippen LogP contribution in [-0.4, -0.2) is 22.6 Å². The van der Waals surface area contributed by atoms with Crippen LogP contribution in [0.3, 0.4) is 0 Å². The van der Waals surface area contributed by atoms with Crippen molar-refractivity contribution in [3.8, 4) is 0 Å². The third-order valence-electron chi connectivity index (χ3n) is 2.30. The van der Waals surface area contributed by atoms with Crippen molar-refractivity contribution in [2.45, 2.75) is 13.3 Å². The number of amides is 1. The van der Waals surface area contributed by atoms with Crippen LogP contribution in [0, 0.1) is 10.5 Å². The fraction of sp³-hybridized carbons (Fsp3) is 0.250. The van der Waals surface area contributed by atoms with E-state index in [-0.39, 0.29) is 5.91 Å². The highest BCUT2D eigenvalue weighted by atomic mass is 127. The average Bonchev–Trinajstić information content (AvgIpc) is 2.76. The van der Waals surface area contributed by atoms with Crippen molar-refractivity contribution in [3.63, 3.8) is 0 Å². The van der Waals surface area contributed by atoms with Crippen LogP contribution < -0.4 is 5.32 Å². The first kappa shape index (κ1) is 13.0. The Morgan fingerprint density at radius 3 is 2.72 bits per heavy atom. The number of benzene rings is 1. The van der Waals surface area contributed by atoms with Gasteiger partial charge in [-0.05, 0) is 53.8 Å². The molecule has 2 aromatic rings. The zero-order valence-corrected chi connectivity index (χ0v) is 12.0. The monoisotopic (exact) mass is 357 g/mol. The molecule has 2 rings (SSSR count). The summed E-state index contributed by atoms with van der Waals surface area (Å²) in [4.78, 5) is 15.8. The normalized spacial score (nSPS) is 10.3. The molecule has 0 radical (unpaired) electrons. The largest absolute Gasteiger partial charge is 0.352 e. The molecule has 0 bridgehead atoms. The lowest BCUT2D eigenvalue weighted by Crippen LogP contribution is -2.25. The van der Waals surface area contributed by atoms with E-state index in [0.29, 0.717) is 30.2 Å². The molecule has 0 saturated heterocycles. The average molecular weight is 357 g/mol. The predicted molar refractivity (Wildman–Crippen MR) is 74.2 cm³/mol. The van der Waals surface area contributed by atoms with Gasteiger partial charge in [0.1, 0.15) is 0 Å². The van der Waals surface area contributed by atoms with Gasteiger partial charge in [-0.2, -0.15) is 4.98 Å². The molecule has 6 heteroatoms. The number of aromatic nitrogens is 2. The Bertz CT molecular complexity index is 537. The van der Waals surface area contributed by atoms with Crippen molar-refractivity contribution in [1.82, 2.24) is 15.5 Å². The van der Waals surface area contributed by atoms with E-state index in [1.165, 1.54) is 0 Å². The molecule has 0 aliphatic rings. The summed E-state index contributed by atoms with van der Waals surface area (Å²) in [5.74, 6) is 1.05. The lowest BCUT2D eigenvalue weighted by molar-refractivity contribution is 0.0953. The lowest BCUT2D eigenvalue weighted by Gasteiger charge is -2.03. The summed E-state index contributed by atoms with van der Waals surface area (Å²) in [7, 11) is 0. The first-order chi connectivity index (χ1) is 8.65. The van der Waals surface area contributed by atoms with Gasteiger partial charge in [-0.15, -0.1) is 0 Å². The number of aryl methyl sites for hydroxylation is 1. The van der Waals surface area contributed by atoms with Crippen molar-refractivity contribution >= 4 is 28.5 Å². The highest BCUT2D eigenvalue weighted by Crippen LogP contribution is 2.06. The molecule has 0 fully saturated rings. The van der Waals surface area contributed by atoms with E-state index in [1.807, 2.05) is 12.1 Å². The zero-order valence-electron chi connectivity index (χ0n) is 9.81. The lowest BCUT2D eigenvalue weighted by atomic mass is 10.2. The van der Waals surface area contributed by atoms with Crippen LogP contribution in [0.2, 0.25) is 0 Å². The highest BCUT2D eigenvalue weighted by Gasteiger charge is 2.06. The molecule has 1 amide bonds. The number of hydrogen-bond donors (Lipinski definition) is 1. The van der Waals surface area contributed by atoms with Gasteiger partial charge in [0.05, 0.1) is 0 Å². The minimum absolute atomic E-state index is 0.0948. The van der Waals surface area contributed by atoms with Crippen LogP contribution in [-0.2, 0) is 6.42 Å². The molecule has 1 aromatic heterocycles. The van der Waals surface area contributed by atoms with Gasteiger partial charge < -0.3 is 9.84 Å². The summed E-state index contributed by atoms with van der Waals surface area (Å²) in [5.41, 5.74) is 0.650. The number of nitrogens with one attached hydrogen (secondary N) is 1. The van der Waals surface area contributed by atoms with E-state index < -0.39 is 0 Å². The third kappa shape index (κ3) is 3.52. The van der Waals surface area contributed by atoms with Crippen LogP contribution in [0.25, 0.3) is 0 Å². The van der Waals surface area contributed by atoms with Gasteiger partial charge in [-0.1, -0.05) is 5.16 Å². The minimum atomic E-state index is -0.0948. The molecule has 0 atom stereocenters. The second kappa shape index (κ2) is 5.94. The second-order valence-electron chi connectivity index (χ2n) is 3.75. The van der Waals surface area contributed by atoms with Gasteiger partial charge >= 0.3 is 0 Å². The molecule has 0 saturated carbocycles. The van der Waals surface area contributed by atoms with Gasteiger partial charge in [0.2, 0.25) is 5.89 Å². The molecule has 0 aliphatic heterocycles. The number of halogens is 1. The van der Waals surface area contributed by atoms with Crippen molar-refractivity contribution < 1.29 is 9.32 Å². The van der Waals surface area contributed by atoms with E-state index in [9.17, 15) is 4.79 Å². The van der Waals surface area contributed by atoms with Gasteiger partial charge in [0.25, 0.3) is 5.91 Å². The molecule has 1 aromatic carbocycles. The van der Waals surface area contributed by atoms with Crippen molar-refractivity contribution in [3.05, 3.63) is 45.1 Å². The Morgan fingerprint density at radius 1 is 1.39 bits per heavy atom. The molecule has 1 N–H and O–H groups in total. The van der Waals surface area contributed by atoms with Crippen molar-refractivity contribution in [2.24, 2.45) is 0 Å². The molecule has 0 unspecified atom stereocenters. The van der Waals surface area contributed by atoms with Crippen LogP contribution >= 0.6 is 22.6 Å². The molecular formula is C12H12IN3O2. The predicted octanol–water partition coefficient (Wildman–Crippen LogP) is 1.96. The zero-order chi connectivity index (χ0) is 13.0. The van der Waals surface area contributed by atoms with E-state index in [1.54, 1.807) is 19.1 Å². The summed E-state index contributed by atoms with van der Waals surface area (Å²) in [6.07, 6.45) is 0.539. The number of hydrogen-bond acceptors (Lipinski definition) is 4. The van der Waals surface area contributed by atoms with Crippen molar-refractivity contribution in [1.29, 1.82) is 0 Å². The van der Waals surface area contributed by atoms with Crippen LogP contribution in [0.4, 0.5) is 0 Å². The standard InChI is InChI=1S/C12H12IN3O2/c1-8-15-11(18-16-8)6-7-14-12(17)9-2-4-10(13)5-3-9/h2-5H,6-7H2,1H3,(H,14,17). The molecule has 94 valence electrons. The Hall–Kier alpha value is -1.44. The number of carbonyl (C=O) groups is 1. The van der Waals surface area contributed by atoms with Gasteiger partial charge in [0.15, 0.2) is 5.82 Å². The maximum atomic E-state index is 11.8. The third-order valence-corrected chi connectivity index (χ3v) is 3.02. The SMILES string of the molecule is Cc1noc(CCNC(=O)c2ccc(I)cc2)n1. The minimum Gasteiger partial charge on any atom is -0.352 e. The van der Waals surface area contributed by atoms with Crippen LogP contribution in [0.1, 0.15) is 22.1 Å². The number of rotatable bonds is 4. The fourth-order valence-corrected chi connectivity index (χ4v) is 1.79. The first-order valence-electron chi connectivity index (χ1n) is 5.48. The Kier molecular flexibility index (Phi) is 4.29. The second-order valence-corrected chi connectivity index (χ2v) is 4.99. The highest BCUT2D eigenvalue weighted by molar-refractivity contribution is 14.1. The topological polar surface area (TPSA) is 68.0 Å². The van der Waals surface area contributed by atoms with E-state index in [4.69, 9.17) is 4.52 Å². The summed E-state index contributed by atoms with van der Waals surface area (Å²) in [6.45, 7) is 2.24. The number of carbonyl (C=O) groups excluding carboxylic acids is 1. The van der Waals surface area contributed by atoms with Gasteiger partial charge in [0, 0.05) is 22.1 Å². The Balaban J connectivity index is 1.83. The van der Waals surface area contributed by atoms with Crippen LogP contribution in [0.5, 0.6) is 0 Å². The molecule has 0 aliphatic carbocycles. The number of nitrogens with zero attached hydrogens (tertiary/aromatic N) is 2. The quantitative estimate of drug-likeness (QED) is 0.850. The Morgan fingerprint density at radius 2 is 2.11 bits per heavy atom. The summed E-state index contributed by atoms with van der Waals surface area (Å²) in [5, 5.41) is 6.49. The summed E-state index contributed by atoms with van der Waals surface area (Å²) >= 11 is 2.20. The molecule has 18 heavy (non-hydrogen) atoms. The van der Waals surface area contributed by atoms with E-state index >= 15 is 0 Å². The fourth-order valence-electron chi connectivity index (χ4n) is 1.43. The smallest absolute Gasteiger partial charge is 0.251 e. The van der Waals surface area contributed by atoms with E-state index in [2.05, 4.69) is 38.0 Å². The molecular weight excluding hydrogens is 345 g/mol. The van der Waals surface area contributed by atoms with E-state index in [0.717, 1.165) is 3.57 Å². The maximum Gasteiger partial charge on any atom is 0.251 e. The summed E-state index contributed by atoms with van der Waals surface area (Å²) < 4.78 is 6.06. The van der Waals surface area contributed by atoms with Gasteiger partial charge in [-0.25, -0.2) is 0 Å².